The van der Waals surface area contributed by atoms with Crippen LogP contribution in [0.3, 0.4) is 0 Å². The summed E-state index contributed by atoms with van der Waals surface area (Å²) in [4.78, 5) is 22.7. The second-order valence-corrected chi connectivity index (χ2v) is 5.04. The molecule has 1 N–H and O–H groups in total. The summed E-state index contributed by atoms with van der Waals surface area (Å²) in [5.74, 6) is 0.741. The van der Waals surface area contributed by atoms with E-state index in [-0.39, 0.29) is 0 Å². The molecule has 0 saturated carbocycles. The van der Waals surface area contributed by atoms with Crippen LogP contribution in [0.15, 0.2) is 12.1 Å². The monoisotopic (exact) mass is 281 g/mol. The smallest absolute Gasteiger partial charge is 0.412 e. The minimum Gasteiger partial charge on any atom is -0.496 e. The van der Waals surface area contributed by atoms with Crippen molar-refractivity contribution in [1.29, 1.82) is 0 Å². The third kappa shape index (κ3) is 4.15. The van der Waals surface area contributed by atoms with Gasteiger partial charge in [-0.2, -0.15) is 0 Å². The lowest BCUT2D eigenvalue weighted by atomic mass is 10.1. The first-order valence-electron chi connectivity index (χ1n) is 6.02. The zero-order valence-electron chi connectivity index (χ0n) is 12.3. The summed E-state index contributed by atoms with van der Waals surface area (Å²) in [6.07, 6.45) is 0.0104. The van der Waals surface area contributed by atoms with E-state index >= 15 is 0 Å². The first kappa shape index (κ1) is 15.8. The highest BCUT2D eigenvalue weighted by Crippen LogP contribution is 2.32. The van der Waals surface area contributed by atoms with Gasteiger partial charge in [0.1, 0.15) is 17.1 Å². The van der Waals surface area contributed by atoms with Crippen LogP contribution in [0.25, 0.3) is 0 Å². The zero-order chi connectivity index (χ0) is 15.3. The molecule has 1 aromatic carbocycles. The van der Waals surface area contributed by atoms with E-state index in [0.717, 1.165) is 0 Å². The highest BCUT2D eigenvalue weighted by atomic mass is 16.6. The molecule has 0 aromatic heterocycles. The molecule has 0 atom stereocenters. The lowest BCUT2D eigenvalue weighted by Crippen LogP contribution is -2.27. The van der Waals surface area contributed by atoms with E-state index in [0.29, 0.717) is 29.0 Å². The fourth-order valence-electron chi connectivity index (χ4n) is 1.53. The van der Waals surface area contributed by atoms with Gasteiger partial charge in [-0.05, 0) is 26.8 Å². The maximum absolute atomic E-state index is 11.7. The molecule has 110 valence electrons. The number of carbonyl (C=O) groups excluding carboxylic acids is 2. The maximum atomic E-state index is 11.7. The number of benzene rings is 1. The maximum Gasteiger partial charge on any atom is 0.412 e. The summed E-state index contributed by atoms with van der Waals surface area (Å²) in [6, 6.07) is 2.99. The van der Waals surface area contributed by atoms with Crippen molar-refractivity contribution in [3.8, 4) is 11.5 Å². The summed E-state index contributed by atoms with van der Waals surface area (Å²) in [7, 11) is 2.90. The van der Waals surface area contributed by atoms with Crippen molar-refractivity contribution >= 4 is 18.1 Å². The number of anilines is 1. The quantitative estimate of drug-likeness (QED) is 0.859. The Hall–Kier alpha value is -2.24. The summed E-state index contributed by atoms with van der Waals surface area (Å²) in [5.41, 5.74) is 0.0288. The molecule has 20 heavy (non-hydrogen) atoms. The van der Waals surface area contributed by atoms with Crippen molar-refractivity contribution < 1.29 is 23.8 Å². The summed E-state index contributed by atoms with van der Waals surface area (Å²) < 4.78 is 15.4. The number of hydrogen-bond donors (Lipinski definition) is 1. The van der Waals surface area contributed by atoms with Crippen molar-refractivity contribution in [2.75, 3.05) is 19.5 Å². The average molecular weight is 281 g/mol. The fraction of sp³-hybridized carbons (Fsp3) is 0.429. The molecule has 0 heterocycles. The Kier molecular flexibility index (Phi) is 4.96. The number of rotatable bonds is 4. The second-order valence-electron chi connectivity index (χ2n) is 5.04. The molecule has 0 aliphatic rings. The van der Waals surface area contributed by atoms with Gasteiger partial charge in [0.05, 0.1) is 25.5 Å². The van der Waals surface area contributed by atoms with Crippen molar-refractivity contribution in [3.05, 3.63) is 17.7 Å². The Morgan fingerprint density at radius 3 is 2.20 bits per heavy atom. The van der Waals surface area contributed by atoms with Crippen LogP contribution in [0.1, 0.15) is 31.1 Å². The minimum absolute atomic E-state index is 0.305. The molecule has 6 nitrogen and oxygen atoms in total. The normalized spacial score (nSPS) is 10.7. The number of methoxy groups -OCH3 is 2. The van der Waals surface area contributed by atoms with Gasteiger partial charge < -0.3 is 14.2 Å². The predicted octanol–water partition coefficient (Wildman–Crippen LogP) is 2.86. The van der Waals surface area contributed by atoms with Gasteiger partial charge in [-0.15, -0.1) is 0 Å². The molecule has 1 rings (SSSR count). The van der Waals surface area contributed by atoms with E-state index in [9.17, 15) is 9.59 Å². The van der Waals surface area contributed by atoms with Gasteiger partial charge in [-0.1, -0.05) is 0 Å². The Morgan fingerprint density at radius 2 is 1.75 bits per heavy atom. The van der Waals surface area contributed by atoms with Gasteiger partial charge in [0.25, 0.3) is 0 Å². The molecule has 1 aromatic rings. The predicted molar refractivity (Wildman–Crippen MR) is 74.8 cm³/mol. The first-order chi connectivity index (χ1) is 9.30. The van der Waals surface area contributed by atoms with E-state index in [1.807, 2.05) is 0 Å². The summed E-state index contributed by atoms with van der Waals surface area (Å²) in [5, 5.41) is 2.54. The molecule has 0 aliphatic heterocycles. The van der Waals surface area contributed by atoms with Crippen molar-refractivity contribution in [2.45, 2.75) is 26.4 Å². The lowest BCUT2D eigenvalue weighted by Gasteiger charge is -2.20. The number of carbonyl (C=O) groups is 2. The van der Waals surface area contributed by atoms with Crippen molar-refractivity contribution in [1.82, 2.24) is 0 Å². The zero-order valence-corrected chi connectivity index (χ0v) is 12.3. The van der Waals surface area contributed by atoms with Crippen LogP contribution in [-0.2, 0) is 4.74 Å². The minimum atomic E-state index is -0.627. The number of aldehydes is 1. The van der Waals surface area contributed by atoms with Gasteiger partial charge in [0.2, 0.25) is 0 Å². The summed E-state index contributed by atoms with van der Waals surface area (Å²) >= 11 is 0. The lowest BCUT2D eigenvalue weighted by molar-refractivity contribution is 0.0635. The molecule has 0 bridgehead atoms. The van der Waals surface area contributed by atoms with Crippen LogP contribution < -0.4 is 14.8 Å². The van der Waals surface area contributed by atoms with E-state index in [2.05, 4.69) is 5.32 Å². The third-order valence-corrected chi connectivity index (χ3v) is 2.31. The Morgan fingerprint density at radius 1 is 1.15 bits per heavy atom. The summed E-state index contributed by atoms with van der Waals surface area (Å²) in [6.45, 7) is 5.28. The number of amides is 1. The molecular weight excluding hydrogens is 262 g/mol. The van der Waals surface area contributed by atoms with Crippen molar-refractivity contribution in [2.24, 2.45) is 0 Å². The number of nitrogens with one attached hydrogen (secondary N) is 1. The topological polar surface area (TPSA) is 73.9 Å². The van der Waals surface area contributed by atoms with Gasteiger partial charge in [-0.25, -0.2) is 4.79 Å². The molecule has 0 fully saturated rings. The van der Waals surface area contributed by atoms with Crippen LogP contribution in [0.5, 0.6) is 11.5 Å². The van der Waals surface area contributed by atoms with Crippen LogP contribution in [0.2, 0.25) is 0 Å². The molecule has 0 unspecified atom stereocenters. The molecule has 1 amide bonds. The van der Waals surface area contributed by atoms with Gasteiger partial charge in [0, 0.05) is 6.07 Å². The third-order valence-electron chi connectivity index (χ3n) is 2.31. The molecular formula is C14H19NO5. The highest BCUT2D eigenvalue weighted by molar-refractivity contribution is 5.91. The Balaban J connectivity index is 3.05. The fourth-order valence-corrected chi connectivity index (χ4v) is 1.53. The standard InChI is InChI=1S/C14H19NO5/c1-14(2,3)20-13(17)15-10-6-9(8-16)11(18-4)7-12(10)19-5/h6-8H,1-5H3,(H,15,17). The average Bonchev–Trinajstić information content (AvgIpc) is 2.35. The van der Waals surface area contributed by atoms with E-state index < -0.39 is 11.7 Å². The molecule has 6 heteroatoms. The van der Waals surface area contributed by atoms with Crippen molar-refractivity contribution in [3.63, 3.8) is 0 Å². The molecule has 0 saturated heterocycles. The first-order valence-corrected chi connectivity index (χ1v) is 6.02. The Labute approximate surface area is 118 Å². The number of ether oxygens (including phenoxy) is 3. The van der Waals surface area contributed by atoms with E-state index in [1.54, 1.807) is 20.8 Å². The number of hydrogen-bond acceptors (Lipinski definition) is 5. The Bertz CT molecular complexity index is 505. The van der Waals surface area contributed by atoms with Crippen LogP contribution in [0, 0.1) is 0 Å². The highest BCUT2D eigenvalue weighted by Gasteiger charge is 2.18. The van der Waals surface area contributed by atoms with Gasteiger partial charge in [-0.3, -0.25) is 10.1 Å². The van der Waals surface area contributed by atoms with Gasteiger partial charge >= 0.3 is 6.09 Å². The SMILES string of the molecule is COc1cc(OC)c(NC(=O)OC(C)(C)C)cc1C=O. The van der Waals surface area contributed by atoms with Crippen LogP contribution in [-0.4, -0.2) is 32.2 Å². The molecule has 0 spiro atoms. The molecule has 0 aliphatic carbocycles. The van der Waals surface area contributed by atoms with Crippen LogP contribution >= 0.6 is 0 Å². The van der Waals surface area contributed by atoms with E-state index in [1.165, 1.54) is 26.4 Å². The van der Waals surface area contributed by atoms with E-state index in [4.69, 9.17) is 14.2 Å². The largest absolute Gasteiger partial charge is 0.496 e. The molecule has 0 radical (unpaired) electrons. The second kappa shape index (κ2) is 6.27. The van der Waals surface area contributed by atoms with Gasteiger partial charge in [0.15, 0.2) is 6.29 Å². The van der Waals surface area contributed by atoms with Crippen LogP contribution in [0.4, 0.5) is 10.5 Å².